The molecule has 1 rings (SSSR count). The maximum Gasteiger partial charge on any atom is 0.358 e. The van der Waals surface area contributed by atoms with Crippen molar-refractivity contribution in [3.8, 4) is 0 Å². The van der Waals surface area contributed by atoms with Crippen LogP contribution in [0.3, 0.4) is 0 Å². The minimum atomic E-state index is -0.430. The summed E-state index contributed by atoms with van der Waals surface area (Å²) in [7, 11) is 0. The monoisotopic (exact) mass is 241 g/mol. The first kappa shape index (κ1) is 13.7. The minimum Gasteiger partial charge on any atom is -0.458 e. The van der Waals surface area contributed by atoms with Gasteiger partial charge in [0.25, 0.3) is 0 Å². The smallest absolute Gasteiger partial charge is 0.358 e. The van der Waals surface area contributed by atoms with Gasteiger partial charge in [-0.2, -0.15) is 0 Å². The van der Waals surface area contributed by atoms with Gasteiger partial charge in [-0.05, 0) is 6.42 Å². The fourth-order valence-electron chi connectivity index (χ4n) is 1.25. The van der Waals surface area contributed by atoms with E-state index in [2.05, 4.69) is 4.98 Å². The number of rotatable bonds is 8. The van der Waals surface area contributed by atoms with Gasteiger partial charge in [0, 0.05) is 25.9 Å². The molecule has 1 heterocycles. The molecule has 0 aromatic carbocycles. The van der Waals surface area contributed by atoms with Crippen molar-refractivity contribution in [2.24, 2.45) is 5.73 Å². The largest absolute Gasteiger partial charge is 0.458 e. The second-order valence-electron chi connectivity index (χ2n) is 3.53. The number of nitrogens with two attached hydrogens (primary N) is 1. The van der Waals surface area contributed by atoms with E-state index in [9.17, 15) is 4.79 Å². The summed E-state index contributed by atoms with van der Waals surface area (Å²) in [6, 6.07) is 0. The molecule has 0 aliphatic heterocycles. The van der Waals surface area contributed by atoms with Gasteiger partial charge in [0.15, 0.2) is 5.69 Å². The fraction of sp³-hybridized carbons (Fsp3) is 0.636. The zero-order chi connectivity index (χ0) is 12.5. The van der Waals surface area contributed by atoms with Gasteiger partial charge in [-0.3, -0.25) is 0 Å². The second-order valence-corrected chi connectivity index (χ2v) is 3.53. The Kier molecular flexibility index (Phi) is 6.27. The van der Waals surface area contributed by atoms with E-state index < -0.39 is 5.97 Å². The summed E-state index contributed by atoms with van der Waals surface area (Å²) in [4.78, 5) is 15.5. The van der Waals surface area contributed by atoms with Crippen LogP contribution in [0.5, 0.6) is 0 Å². The van der Waals surface area contributed by atoms with Crippen LogP contribution in [-0.4, -0.2) is 41.9 Å². The molecule has 6 nitrogen and oxygen atoms in total. The van der Waals surface area contributed by atoms with Crippen molar-refractivity contribution in [1.29, 1.82) is 0 Å². The van der Waals surface area contributed by atoms with Gasteiger partial charge in [-0.25, -0.2) is 9.78 Å². The van der Waals surface area contributed by atoms with Gasteiger partial charge in [0.1, 0.15) is 6.61 Å². The molecular weight excluding hydrogens is 222 g/mol. The van der Waals surface area contributed by atoms with E-state index in [1.54, 1.807) is 17.1 Å². The summed E-state index contributed by atoms with van der Waals surface area (Å²) in [5, 5.41) is 0. The fourth-order valence-corrected chi connectivity index (χ4v) is 1.25. The van der Waals surface area contributed by atoms with Crippen LogP contribution in [0.2, 0.25) is 0 Å². The van der Waals surface area contributed by atoms with Crippen molar-refractivity contribution in [2.75, 3.05) is 26.4 Å². The number of carbonyl (C=O) groups excluding carboxylic acids is 1. The van der Waals surface area contributed by atoms with Crippen LogP contribution >= 0.6 is 0 Å². The molecule has 2 N–H and O–H groups in total. The standard InChI is InChI=1S/C11H19N3O3/c1-2-5-16-6-7-17-11(15)10-8-14(4-3-12)9-13-10/h8-9H,2-7,12H2,1H3. The molecule has 96 valence electrons. The Morgan fingerprint density at radius 1 is 1.47 bits per heavy atom. The number of hydrogen-bond donors (Lipinski definition) is 1. The molecule has 0 spiro atoms. The van der Waals surface area contributed by atoms with Crippen LogP contribution in [0.25, 0.3) is 0 Å². The van der Waals surface area contributed by atoms with Gasteiger partial charge in [0.05, 0.1) is 12.9 Å². The SMILES string of the molecule is CCCOCCOC(=O)c1cn(CCN)cn1. The predicted molar refractivity (Wildman–Crippen MR) is 62.7 cm³/mol. The van der Waals surface area contributed by atoms with Crippen molar-refractivity contribution < 1.29 is 14.3 Å². The van der Waals surface area contributed by atoms with E-state index in [-0.39, 0.29) is 6.61 Å². The zero-order valence-corrected chi connectivity index (χ0v) is 10.1. The molecule has 0 radical (unpaired) electrons. The topological polar surface area (TPSA) is 79.4 Å². The van der Waals surface area contributed by atoms with Crippen LogP contribution < -0.4 is 5.73 Å². The van der Waals surface area contributed by atoms with Crippen LogP contribution in [0, 0.1) is 0 Å². The lowest BCUT2D eigenvalue weighted by atomic mass is 10.5. The summed E-state index contributed by atoms with van der Waals surface area (Å²) in [6.45, 7) is 4.53. The molecule has 1 aromatic heterocycles. The van der Waals surface area contributed by atoms with Crippen molar-refractivity contribution in [3.63, 3.8) is 0 Å². The van der Waals surface area contributed by atoms with Gasteiger partial charge in [-0.1, -0.05) is 6.92 Å². The van der Waals surface area contributed by atoms with E-state index >= 15 is 0 Å². The number of aromatic nitrogens is 2. The summed E-state index contributed by atoms with van der Waals surface area (Å²) in [5.41, 5.74) is 5.69. The van der Waals surface area contributed by atoms with Gasteiger partial charge in [0.2, 0.25) is 0 Å². The summed E-state index contributed by atoms with van der Waals surface area (Å²) in [6.07, 6.45) is 4.15. The highest BCUT2D eigenvalue weighted by Gasteiger charge is 2.10. The van der Waals surface area contributed by atoms with Crippen molar-refractivity contribution in [1.82, 2.24) is 9.55 Å². The molecular formula is C11H19N3O3. The Morgan fingerprint density at radius 2 is 2.29 bits per heavy atom. The quantitative estimate of drug-likeness (QED) is 0.527. The third-order valence-electron chi connectivity index (χ3n) is 2.04. The van der Waals surface area contributed by atoms with Crippen LogP contribution in [0.4, 0.5) is 0 Å². The summed E-state index contributed by atoms with van der Waals surface area (Å²) < 4.78 is 11.9. The number of esters is 1. The Balaban J connectivity index is 2.26. The van der Waals surface area contributed by atoms with Gasteiger partial charge < -0.3 is 19.8 Å². The van der Waals surface area contributed by atoms with Crippen LogP contribution in [-0.2, 0) is 16.0 Å². The number of carbonyl (C=O) groups is 1. The van der Waals surface area contributed by atoms with Gasteiger partial charge >= 0.3 is 5.97 Å². The molecule has 0 saturated carbocycles. The Labute approximate surface area is 101 Å². The third kappa shape index (κ3) is 4.97. The molecule has 0 aliphatic carbocycles. The molecule has 1 aromatic rings. The maximum absolute atomic E-state index is 11.5. The van der Waals surface area contributed by atoms with Crippen LogP contribution in [0.1, 0.15) is 23.8 Å². The van der Waals surface area contributed by atoms with Crippen molar-refractivity contribution in [2.45, 2.75) is 19.9 Å². The van der Waals surface area contributed by atoms with E-state index in [4.69, 9.17) is 15.2 Å². The number of ether oxygens (including phenoxy) is 2. The summed E-state index contributed by atoms with van der Waals surface area (Å²) >= 11 is 0. The number of hydrogen-bond acceptors (Lipinski definition) is 5. The number of nitrogens with zero attached hydrogens (tertiary/aromatic N) is 2. The predicted octanol–water partition coefficient (Wildman–Crippen LogP) is 0.425. The molecule has 0 bridgehead atoms. The lowest BCUT2D eigenvalue weighted by Gasteiger charge is -2.03. The Morgan fingerprint density at radius 3 is 3.00 bits per heavy atom. The lowest BCUT2D eigenvalue weighted by Crippen LogP contribution is -2.12. The third-order valence-corrected chi connectivity index (χ3v) is 2.04. The normalized spacial score (nSPS) is 10.5. The Hall–Kier alpha value is -1.40. The average molecular weight is 241 g/mol. The molecule has 0 unspecified atom stereocenters. The highest BCUT2D eigenvalue weighted by Crippen LogP contribution is 1.98. The molecule has 0 saturated heterocycles. The number of imidazole rings is 1. The van der Waals surface area contributed by atoms with E-state index in [1.807, 2.05) is 6.92 Å². The van der Waals surface area contributed by atoms with Crippen LogP contribution in [0.15, 0.2) is 12.5 Å². The van der Waals surface area contributed by atoms with Crippen molar-refractivity contribution in [3.05, 3.63) is 18.2 Å². The van der Waals surface area contributed by atoms with E-state index in [0.29, 0.717) is 32.0 Å². The first-order valence-corrected chi connectivity index (χ1v) is 5.74. The summed E-state index contributed by atoms with van der Waals surface area (Å²) in [5.74, 6) is -0.430. The maximum atomic E-state index is 11.5. The first-order valence-electron chi connectivity index (χ1n) is 5.74. The zero-order valence-electron chi connectivity index (χ0n) is 10.1. The Bertz CT molecular complexity index is 338. The van der Waals surface area contributed by atoms with Crippen molar-refractivity contribution >= 4 is 5.97 Å². The van der Waals surface area contributed by atoms with Gasteiger partial charge in [-0.15, -0.1) is 0 Å². The molecule has 0 aliphatic rings. The van der Waals surface area contributed by atoms with E-state index in [0.717, 1.165) is 6.42 Å². The molecule has 6 heteroatoms. The lowest BCUT2D eigenvalue weighted by molar-refractivity contribution is 0.0313. The molecule has 0 atom stereocenters. The highest BCUT2D eigenvalue weighted by atomic mass is 16.6. The second kappa shape index (κ2) is 7.81. The molecule has 0 fully saturated rings. The first-order chi connectivity index (χ1) is 8.27. The minimum absolute atomic E-state index is 0.253. The highest BCUT2D eigenvalue weighted by molar-refractivity contribution is 5.86. The average Bonchev–Trinajstić information content (AvgIpc) is 2.78. The molecule has 0 amide bonds. The van der Waals surface area contributed by atoms with E-state index in [1.165, 1.54) is 0 Å². The molecule has 17 heavy (non-hydrogen) atoms.